The van der Waals surface area contributed by atoms with E-state index in [1.807, 2.05) is 0 Å². The van der Waals surface area contributed by atoms with Crippen LogP contribution in [0.4, 0.5) is 10.1 Å². The van der Waals surface area contributed by atoms with E-state index < -0.39 is 11.8 Å². The van der Waals surface area contributed by atoms with Gasteiger partial charge in [0, 0.05) is 11.7 Å². The number of carbonyl (C=O) groups is 1. The third-order valence-electron chi connectivity index (χ3n) is 3.44. The monoisotopic (exact) mass is 267 g/mol. The first kappa shape index (κ1) is 13.8. The predicted octanol–water partition coefficient (Wildman–Crippen LogP) is 2.33. The fraction of sp³-hybridized carbons (Fsp3) is 0.500. The van der Waals surface area contributed by atoms with Gasteiger partial charge < -0.3 is 15.2 Å². The third-order valence-corrected chi connectivity index (χ3v) is 3.44. The van der Waals surface area contributed by atoms with Gasteiger partial charge in [-0.05, 0) is 43.9 Å². The highest BCUT2D eigenvalue weighted by molar-refractivity contribution is 5.90. The number of nitrogens with one attached hydrogen (secondary N) is 1. The summed E-state index contributed by atoms with van der Waals surface area (Å²) < 4.78 is 18.0. The van der Waals surface area contributed by atoms with Gasteiger partial charge in [-0.2, -0.15) is 0 Å². The third kappa shape index (κ3) is 3.44. The molecule has 5 heteroatoms. The minimum absolute atomic E-state index is 0.0663. The predicted molar refractivity (Wildman–Crippen MR) is 69.6 cm³/mol. The standard InChI is InChI=1S/C14H18FNO3/c1-19-14(18)12-8-10(4-7-13(12)15)16-9-2-5-11(17)6-3-9/h4,7-9,11,16-17H,2-3,5-6H2,1H3. The Morgan fingerprint density at radius 3 is 2.68 bits per heavy atom. The van der Waals surface area contributed by atoms with Gasteiger partial charge in [-0.15, -0.1) is 0 Å². The number of esters is 1. The van der Waals surface area contributed by atoms with Gasteiger partial charge in [0.15, 0.2) is 0 Å². The smallest absolute Gasteiger partial charge is 0.340 e. The molecule has 0 atom stereocenters. The Labute approximate surface area is 111 Å². The molecule has 4 nitrogen and oxygen atoms in total. The molecule has 2 rings (SSSR count). The van der Waals surface area contributed by atoms with Crippen molar-refractivity contribution in [2.24, 2.45) is 0 Å². The molecule has 1 aliphatic rings. The van der Waals surface area contributed by atoms with Crippen LogP contribution in [-0.4, -0.2) is 30.3 Å². The molecule has 0 saturated heterocycles. The number of anilines is 1. The largest absolute Gasteiger partial charge is 0.465 e. The van der Waals surface area contributed by atoms with Crippen molar-refractivity contribution < 1.29 is 19.0 Å². The molecule has 1 aromatic carbocycles. The molecule has 0 radical (unpaired) electrons. The number of hydrogen-bond donors (Lipinski definition) is 2. The lowest BCUT2D eigenvalue weighted by Gasteiger charge is -2.27. The lowest BCUT2D eigenvalue weighted by molar-refractivity contribution is 0.0595. The summed E-state index contributed by atoms with van der Waals surface area (Å²) in [4.78, 5) is 11.4. The van der Waals surface area contributed by atoms with Crippen molar-refractivity contribution in [1.29, 1.82) is 0 Å². The van der Waals surface area contributed by atoms with E-state index >= 15 is 0 Å². The molecule has 19 heavy (non-hydrogen) atoms. The molecule has 104 valence electrons. The number of rotatable bonds is 3. The second kappa shape index (κ2) is 6.02. The van der Waals surface area contributed by atoms with Gasteiger partial charge in [0.05, 0.1) is 18.8 Å². The lowest BCUT2D eigenvalue weighted by Crippen LogP contribution is -2.28. The molecule has 1 saturated carbocycles. The highest BCUT2D eigenvalue weighted by atomic mass is 19.1. The zero-order chi connectivity index (χ0) is 13.8. The van der Waals surface area contributed by atoms with Crippen LogP contribution in [0.1, 0.15) is 36.0 Å². The fourth-order valence-corrected chi connectivity index (χ4v) is 2.34. The van der Waals surface area contributed by atoms with Gasteiger partial charge in [0.2, 0.25) is 0 Å². The van der Waals surface area contributed by atoms with Crippen LogP contribution < -0.4 is 5.32 Å². The van der Waals surface area contributed by atoms with Crippen LogP contribution in [0.3, 0.4) is 0 Å². The zero-order valence-electron chi connectivity index (χ0n) is 10.9. The van der Waals surface area contributed by atoms with Crippen molar-refractivity contribution in [2.75, 3.05) is 12.4 Å². The molecule has 0 aliphatic heterocycles. The first-order valence-corrected chi connectivity index (χ1v) is 6.42. The Balaban J connectivity index is 2.06. The zero-order valence-corrected chi connectivity index (χ0v) is 10.9. The number of methoxy groups -OCH3 is 1. The number of benzene rings is 1. The molecule has 0 bridgehead atoms. The van der Waals surface area contributed by atoms with Crippen molar-refractivity contribution in [3.8, 4) is 0 Å². The van der Waals surface area contributed by atoms with E-state index in [0.717, 1.165) is 25.7 Å². The highest BCUT2D eigenvalue weighted by Gasteiger charge is 2.20. The first-order chi connectivity index (χ1) is 9.10. The summed E-state index contributed by atoms with van der Waals surface area (Å²) in [7, 11) is 1.23. The molecular formula is C14H18FNO3. The average molecular weight is 267 g/mol. The van der Waals surface area contributed by atoms with Crippen molar-refractivity contribution >= 4 is 11.7 Å². The maximum Gasteiger partial charge on any atom is 0.340 e. The van der Waals surface area contributed by atoms with E-state index in [9.17, 15) is 14.3 Å². The summed E-state index contributed by atoms with van der Waals surface area (Å²) in [5.41, 5.74) is 0.631. The van der Waals surface area contributed by atoms with Gasteiger partial charge in [-0.25, -0.2) is 9.18 Å². The second-order valence-corrected chi connectivity index (χ2v) is 4.84. The van der Waals surface area contributed by atoms with E-state index in [0.29, 0.717) is 5.69 Å². The summed E-state index contributed by atoms with van der Waals surface area (Å²) >= 11 is 0. The highest BCUT2D eigenvalue weighted by Crippen LogP contribution is 2.23. The van der Waals surface area contributed by atoms with E-state index in [1.165, 1.54) is 19.2 Å². The Hall–Kier alpha value is -1.62. The summed E-state index contributed by atoms with van der Waals surface area (Å²) in [6.45, 7) is 0. The topological polar surface area (TPSA) is 58.6 Å². The van der Waals surface area contributed by atoms with Crippen LogP contribution >= 0.6 is 0 Å². The van der Waals surface area contributed by atoms with E-state index in [2.05, 4.69) is 10.1 Å². The Bertz CT molecular complexity index is 456. The number of carbonyl (C=O) groups excluding carboxylic acids is 1. The minimum atomic E-state index is -0.680. The molecule has 1 aromatic rings. The fourth-order valence-electron chi connectivity index (χ4n) is 2.34. The van der Waals surface area contributed by atoms with Gasteiger partial charge >= 0.3 is 5.97 Å². The molecule has 0 amide bonds. The van der Waals surface area contributed by atoms with Crippen LogP contribution in [0.15, 0.2) is 18.2 Å². The van der Waals surface area contributed by atoms with Crippen molar-refractivity contribution in [3.63, 3.8) is 0 Å². The van der Waals surface area contributed by atoms with E-state index in [-0.39, 0.29) is 17.7 Å². The van der Waals surface area contributed by atoms with Crippen LogP contribution in [0.5, 0.6) is 0 Å². The van der Waals surface area contributed by atoms with Crippen molar-refractivity contribution in [1.82, 2.24) is 0 Å². The Kier molecular flexibility index (Phi) is 4.37. The average Bonchev–Trinajstić information content (AvgIpc) is 2.42. The quantitative estimate of drug-likeness (QED) is 0.825. The Morgan fingerprint density at radius 2 is 2.05 bits per heavy atom. The maximum atomic E-state index is 13.5. The summed E-state index contributed by atoms with van der Waals surface area (Å²) in [5.74, 6) is -1.27. The SMILES string of the molecule is COC(=O)c1cc(NC2CCC(O)CC2)ccc1F. The number of halogens is 1. The van der Waals surface area contributed by atoms with E-state index in [4.69, 9.17) is 0 Å². The minimum Gasteiger partial charge on any atom is -0.465 e. The van der Waals surface area contributed by atoms with Crippen LogP contribution in [0.2, 0.25) is 0 Å². The molecule has 0 aromatic heterocycles. The van der Waals surface area contributed by atoms with Gasteiger partial charge in [-0.3, -0.25) is 0 Å². The molecule has 2 N–H and O–H groups in total. The number of ether oxygens (including phenoxy) is 1. The molecule has 1 aliphatic carbocycles. The second-order valence-electron chi connectivity index (χ2n) is 4.84. The number of aliphatic hydroxyl groups is 1. The van der Waals surface area contributed by atoms with E-state index in [1.54, 1.807) is 6.07 Å². The molecule has 0 unspecified atom stereocenters. The van der Waals surface area contributed by atoms with Crippen LogP contribution in [-0.2, 0) is 4.74 Å². The maximum absolute atomic E-state index is 13.5. The lowest BCUT2D eigenvalue weighted by atomic mass is 9.93. The molecule has 1 fully saturated rings. The number of hydrogen-bond acceptors (Lipinski definition) is 4. The first-order valence-electron chi connectivity index (χ1n) is 6.42. The van der Waals surface area contributed by atoms with Crippen molar-refractivity contribution in [3.05, 3.63) is 29.6 Å². The van der Waals surface area contributed by atoms with Gasteiger partial charge in [0.1, 0.15) is 5.82 Å². The van der Waals surface area contributed by atoms with Crippen LogP contribution in [0, 0.1) is 5.82 Å². The summed E-state index contributed by atoms with van der Waals surface area (Å²) in [5, 5.41) is 12.7. The molecular weight excluding hydrogens is 249 g/mol. The summed E-state index contributed by atoms with van der Waals surface area (Å²) in [6, 6.07) is 4.57. The number of aliphatic hydroxyl groups excluding tert-OH is 1. The normalized spacial score (nSPS) is 22.9. The molecule has 0 heterocycles. The van der Waals surface area contributed by atoms with Gasteiger partial charge in [-0.1, -0.05) is 0 Å². The molecule has 0 spiro atoms. The van der Waals surface area contributed by atoms with Crippen LogP contribution in [0.25, 0.3) is 0 Å². The Morgan fingerprint density at radius 1 is 1.37 bits per heavy atom. The van der Waals surface area contributed by atoms with Gasteiger partial charge in [0.25, 0.3) is 0 Å². The van der Waals surface area contributed by atoms with Crippen molar-refractivity contribution in [2.45, 2.75) is 37.8 Å². The summed E-state index contributed by atoms with van der Waals surface area (Å²) in [6.07, 6.45) is 3.06.